The lowest BCUT2D eigenvalue weighted by molar-refractivity contribution is 0.0951. The molecule has 0 saturated carbocycles. The molecule has 1 unspecified atom stereocenters. The summed E-state index contributed by atoms with van der Waals surface area (Å²) in [5.41, 5.74) is 4.34. The first-order chi connectivity index (χ1) is 13.9. The molecule has 0 aliphatic heterocycles. The zero-order chi connectivity index (χ0) is 21.1. The van der Waals surface area contributed by atoms with Crippen LogP contribution in [-0.2, 0) is 17.7 Å². The van der Waals surface area contributed by atoms with Crippen LogP contribution in [0.3, 0.4) is 0 Å². The van der Waals surface area contributed by atoms with Crippen molar-refractivity contribution in [2.45, 2.75) is 46.7 Å². The molecule has 3 aromatic rings. The molecule has 1 atom stereocenters. The zero-order valence-corrected chi connectivity index (χ0v) is 17.6. The van der Waals surface area contributed by atoms with Crippen LogP contribution in [0.4, 0.5) is 0 Å². The number of amides is 1. The number of carbonyl (C=O) groups is 1. The van der Waals surface area contributed by atoms with E-state index in [0.29, 0.717) is 17.7 Å². The van der Waals surface area contributed by atoms with E-state index >= 15 is 0 Å². The molecule has 0 saturated heterocycles. The van der Waals surface area contributed by atoms with E-state index < -0.39 is 0 Å². The molecular weight excluding hydrogens is 368 g/mol. The van der Waals surface area contributed by atoms with Gasteiger partial charge in [-0.25, -0.2) is 4.98 Å². The van der Waals surface area contributed by atoms with E-state index in [-0.39, 0.29) is 24.1 Å². The smallest absolute Gasteiger partial charge is 0.254 e. The Kier molecular flexibility index (Phi) is 6.17. The summed E-state index contributed by atoms with van der Waals surface area (Å²) in [4.78, 5) is 32.8. The molecule has 3 rings (SSSR count). The maximum atomic E-state index is 13.1. The van der Waals surface area contributed by atoms with Crippen molar-refractivity contribution in [1.29, 1.82) is 0 Å². The molecule has 0 aliphatic carbocycles. The molecule has 7 heteroatoms. The molecule has 2 N–H and O–H groups in total. The summed E-state index contributed by atoms with van der Waals surface area (Å²) in [6, 6.07) is 5.71. The van der Waals surface area contributed by atoms with Crippen molar-refractivity contribution in [3.8, 4) is 0 Å². The Morgan fingerprint density at radius 2 is 2.14 bits per heavy atom. The first-order valence-electron chi connectivity index (χ1n) is 9.83. The minimum absolute atomic E-state index is 0.0330. The number of H-pyrrole nitrogens is 1. The zero-order valence-electron chi connectivity index (χ0n) is 17.6. The van der Waals surface area contributed by atoms with E-state index in [4.69, 9.17) is 4.74 Å². The minimum Gasteiger partial charge on any atom is -0.383 e. The number of carbonyl (C=O) groups excluding carboxylic acids is 1. The quantitative estimate of drug-likeness (QED) is 0.642. The predicted molar refractivity (Wildman–Crippen MR) is 113 cm³/mol. The van der Waals surface area contributed by atoms with E-state index in [2.05, 4.69) is 15.3 Å². The number of ether oxygens (including phenoxy) is 1. The fourth-order valence-electron chi connectivity index (χ4n) is 3.85. The van der Waals surface area contributed by atoms with Crippen LogP contribution in [0.2, 0.25) is 0 Å². The Labute approximate surface area is 170 Å². The summed E-state index contributed by atoms with van der Waals surface area (Å²) in [6.45, 7) is 8.51. The largest absolute Gasteiger partial charge is 0.383 e. The Balaban J connectivity index is 1.94. The van der Waals surface area contributed by atoms with Gasteiger partial charge in [0, 0.05) is 42.2 Å². The van der Waals surface area contributed by atoms with Crippen molar-refractivity contribution in [1.82, 2.24) is 19.9 Å². The van der Waals surface area contributed by atoms with E-state index in [1.807, 2.05) is 50.5 Å². The minimum atomic E-state index is -0.220. The van der Waals surface area contributed by atoms with Gasteiger partial charge in [0.1, 0.15) is 5.65 Å². The molecular formula is C22H28N4O3. The molecule has 3 aromatic heterocycles. The van der Waals surface area contributed by atoms with Crippen LogP contribution in [0.5, 0.6) is 0 Å². The van der Waals surface area contributed by atoms with Crippen molar-refractivity contribution in [3.05, 3.63) is 62.8 Å². The van der Waals surface area contributed by atoms with Crippen LogP contribution in [0.25, 0.3) is 11.0 Å². The summed E-state index contributed by atoms with van der Waals surface area (Å²) in [7, 11) is 1.66. The number of nitrogens with one attached hydrogen (secondary N) is 2. The third kappa shape index (κ3) is 3.96. The van der Waals surface area contributed by atoms with Crippen LogP contribution in [0.1, 0.15) is 52.8 Å². The average Bonchev–Trinajstić information content (AvgIpc) is 2.99. The van der Waals surface area contributed by atoms with Gasteiger partial charge in [0.05, 0.1) is 18.2 Å². The van der Waals surface area contributed by atoms with Gasteiger partial charge in [0.15, 0.2) is 0 Å². The first-order valence-corrected chi connectivity index (χ1v) is 9.83. The van der Waals surface area contributed by atoms with Crippen molar-refractivity contribution >= 4 is 16.9 Å². The number of aryl methyl sites for hydroxylation is 2. The fourth-order valence-corrected chi connectivity index (χ4v) is 3.85. The van der Waals surface area contributed by atoms with Gasteiger partial charge in [-0.3, -0.25) is 9.59 Å². The third-order valence-electron chi connectivity index (χ3n) is 5.30. The highest BCUT2D eigenvalue weighted by Gasteiger charge is 2.23. The molecule has 3 heterocycles. The standard InChI is InChI=1S/C22H28N4O3/c1-6-16-10-13(2)18(21(27)25-16)11-24-22(28)19-15(4)26(14(3)12-29-5)20-17(19)8-7-9-23-20/h7-10,14H,6,11-12H2,1-5H3,(H,24,28)(H,25,27). The molecule has 154 valence electrons. The molecule has 0 fully saturated rings. The molecule has 29 heavy (non-hydrogen) atoms. The number of hydrogen-bond acceptors (Lipinski definition) is 4. The number of hydrogen-bond donors (Lipinski definition) is 2. The normalized spacial score (nSPS) is 12.3. The van der Waals surface area contributed by atoms with E-state index in [0.717, 1.165) is 34.4 Å². The van der Waals surface area contributed by atoms with Crippen molar-refractivity contribution in [3.63, 3.8) is 0 Å². The fraction of sp³-hybridized carbons (Fsp3) is 0.409. The maximum Gasteiger partial charge on any atom is 0.254 e. The number of aromatic amines is 1. The van der Waals surface area contributed by atoms with E-state index in [1.54, 1.807) is 13.3 Å². The lowest BCUT2D eigenvalue weighted by atomic mass is 10.1. The number of rotatable bonds is 7. The van der Waals surface area contributed by atoms with Crippen LogP contribution < -0.4 is 10.9 Å². The Morgan fingerprint density at radius 3 is 2.79 bits per heavy atom. The second-order valence-electron chi connectivity index (χ2n) is 7.33. The third-order valence-corrected chi connectivity index (χ3v) is 5.30. The second kappa shape index (κ2) is 8.61. The van der Waals surface area contributed by atoms with Gasteiger partial charge >= 0.3 is 0 Å². The summed E-state index contributed by atoms with van der Waals surface area (Å²) >= 11 is 0. The number of methoxy groups -OCH3 is 1. The Morgan fingerprint density at radius 1 is 1.38 bits per heavy atom. The highest BCUT2D eigenvalue weighted by Crippen LogP contribution is 2.27. The SMILES string of the molecule is CCc1cc(C)c(CNC(=O)c2c(C)n(C(C)COC)c3ncccc23)c(=O)[nH]1. The Hall–Kier alpha value is -2.93. The second-order valence-corrected chi connectivity index (χ2v) is 7.33. The van der Waals surface area contributed by atoms with Gasteiger partial charge in [-0.15, -0.1) is 0 Å². The van der Waals surface area contributed by atoms with Crippen molar-refractivity contribution in [2.75, 3.05) is 13.7 Å². The van der Waals surface area contributed by atoms with Gasteiger partial charge < -0.3 is 19.6 Å². The van der Waals surface area contributed by atoms with E-state index in [1.165, 1.54) is 0 Å². The average molecular weight is 396 g/mol. The molecule has 0 aliphatic rings. The van der Waals surface area contributed by atoms with Crippen LogP contribution >= 0.6 is 0 Å². The summed E-state index contributed by atoms with van der Waals surface area (Å²) in [5.74, 6) is -0.220. The van der Waals surface area contributed by atoms with E-state index in [9.17, 15) is 9.59 Å². The number of pyridine rings is 2. The number of aromatic nitrogens is 3. The monoisotopic (exact) mass is 396 g/mol. The van der Waals surface area contributed by atoms with Gasteiger partial charge in [-0.1, -0.05) is 6.92 Å². The highest BCUT2D eigenvalue weighted by molar-refractivity contribution is 6.07. The lowest BCUT2D eigenvalue weighted by Gasteiger charge is -2.16. The molecule has 0 aromatic carbocycles. The molecule has 1 amide bonds. The Bertz CT molecular complexity index is 1100. The highest BCUT2D eigenvalue weighted by atomic mass is 16.5. The summed E-state index contributed by atoms with van der Waals surface area (Å²) in [6.07, 6.45) is 2.48. The van der Waals surface area contributed by atoms with Crippen molar-refractivity contribution < 1.29 is 9.53 Å². The summed E-state index contributed by atoms with van der Waals surface area (Å²) < 4.78 is 7.32. The van der Waals surface area contributed by atoms with Crippen molar-refractivity contribution in [2.24, 2.45) is 0 Å². The summed E-state index contributed by atoms with van der Waals surface area (Å²) in [5, 5.41) is 3.71. The maximum absolute atomic E-state index is 13.1. The van der Waals surface area contributed by atoms with Gasteiger partial charge in [0.2, 0.25) is 0 Å². The number of nitrogens with zero attached hydrogens (tertiary/aromatic N) is 2. The van der Waals surface area contributed by atoms with Crippen LogP contribution in [0.15, 0.2) is 29.2 Å². The topological polar surface area (TPSA) is 89.0 Å². The molecule has 0 bridgehead atoms. The van der Waals surface area contributed by atoms with Gasteiger partial charge in [-0.05, 0) is 51.0 Å². The first kappa shape index (κ1) is 20.8. The number of fused-ring (bicyclic) bond motifs is 1. The molecule has 7 nitrogen and oxygen atoms in total. The van der Waals surface area contributed by atoms with Crippen LogP contribution in [0, 0.1) is 13.8 Å². The van der Waals surface area contributed by atoms with Crippen LogP contribution in [-0.4, -0.2) is 34.2 Å². The van der Waals surface area contributed by atoms with Gasteiger partial charge in [0.25, 0.3) is 11.5 Å². The molecule has 0 radical (unpaired) electrons. The molecule has 0 spiro atoms. The predicted octanol–water partition coefficient (Wildman–Crippen LogP) is 3.04. The van der Waals surface area contributed by atoms with Gasteiger partial charge in [-0.2, -0.15) is 0 Å². The lowest BCUT2D eigenvalue weighted by Crippen LogP contribution is -2.28.